The highest BCUT2D eigenvalue weighted by atomic mass is 15.2. The lowest BCUT2D eigenvalue weighted by molar-refractivity contribution is 0.741. The van der Waals surface area contributed by atoms with Gasteiger partial charge in [0.2, 0.25) is 0 Å². The molecule has 1 heterocycles. The fourth-order valence-corrected chi connectivity index (χ4v) is 3.45. The second-order valence-electron chi connectivity index (χ2n) is 5.97. The van der Waals surface area contributed by atoms with Crippen LogP contribution in [0.3, 0.4) is 0 Å². The van der Waals surface area contributed by atoms with Gasteiger partial charge in [0.1, 0.15) is 0 Å². The van der Waals surface area contributed by atoms with E-state index in [1.807, 2.05) is 0 Å². The summed E-state index contributed by atoms with van der Waals surface area (Å²) < 4.78 is 0. The Hall–Kier alpha value is -2.55. The first-order chi connectivity index (χ1) is 11.4. The van der Waals surface area contributed by atoms with Crippen molar-refractivity contribution in [3.8, 4) is 0 Å². The van der Waals surface area contributed by atoms with Crippen LogP contribution in [0.1, 0.15) is 40.8 Å². The average molecular weight is 303 g/mol. The number of benzene rings is 2. The maximum absolute atomic E-state index is 4.52. The van der Waals surface area contributed by atoms with Gasteiger partial charge in [0.25, 0.3) is 0 Å². The molecule has 116 valence electrons. The molecule has 0 radical (unpaired) electrons. The van der Waals surface area contributed by atoms with Gasteiger partial charge in [-0.15, -0.1) is 0 Å². The van der Waals surface area contributed by atoms with E-state index in [0.29, 0.717) is 0 Å². The van der Waals surface area contributed by atoms with Crippen molar-refractivity contribution in [2.24, 2.45) is 4.99 Å². The first kappa shape index (κ1) is 14.1. The minimum Gasteiger partial charge on any atom is -0.355 e. The number of guanidine groups is 1. The van der Waals surface area contributed by atoms with Crippen LogP contribution in [0.4, 0.5) is 0 Å². The summed E-state index contributed by atoms with van der Waals surface area (Å²) in [6.07, 6.45) is 5.53. The highest BCUT2D eigenvalue weighted by molar-refractivity contribution is 5.84. The van der Waals surface area contributed by atoms with Crippen molar-refractivity contribution in [3.63, 3.8) is 0 Å². The third-order valence-electron chi connectivity index (χ3n) is 4.61. The smallest absolute Gasteiger partial charge is 0.192 e. The van der Waals surface area contributed by atoms with Crippen molar-refractivity contribution in [1.29, 1.82) is 0 Å². The molecule has 3 nitrogen and oxygen atoms in total. The zero-order chi connectivity index (χ0) is 15.6. The molecular weight excluding hydrogens is 282 g/mol. The van der Waals surface area contributed by atoms with E-state index >= 15 is 0 Å². The molecule has 0 spiro atoms. The van der Waals surface area contributed by atoms with Crippen molar-refractivity contribution in [3.05, 3.63) is 70.3 Å². The van der Waals surface area contributed by atoms with Crippen LogP contribution in [0.25, 0.3) is 12.2 Å². The summed E-state index contributed by atoms with van der Waals surface area (Å²) >= 11 is 0. The molecule has 4 rings (SSSR count). The average Bonchev–Trinajstić information content (AvgIpc) is 3.05. The molecule has 0 fully saturated rings. The van der Waals surface area contributed by atoms with Crippen molar-refractivity contribution in [2.75, 3.05) is 13.1 Å². The van der Waals surface area contributed by atoms with Crippen molar-refractivity contribution >= 4 is 18.1 Å². The molecule has 0 bridgehead atoms. The van der Waals surface area contributed by atoms with Gasteiger partial charge < -0.3 is 10.6 Å². The molecule has 0 saturated carbocycles. The summed E-state index contributed by atoms with van der Waals surface area (Å²) in [4.78, 5) is 4.52. The van der Waals surface area contributed by atoms with E-state index in [4.69, 9.17) is 0 Å². The van der Waals surface area contributed by atoms with Crippen LogP contribution in [0.15, 0.2) is 47.5 Å². The van der Waals surface area contributed by atoms with Crippen LogP contribution >= 0.6 is 0 Å². The predicted molar refractivity (Wildman–Crippen MR) is 96.5 cm³/mol. The third kappa shape index (κ3) is 2.52. The van der Waals surface area contributed by atoms with Crippen LogP contribution in [0.5, 0.6) is 0 Å². The Balaban J connectivity index is 1.87. The molecule has 23 heavy (non-hydrogen) atoms. The Labute approximate surface area is 137 Å². The molecule has 2 N–H and O–H groups in total. The Morgan fingerprint density at radius 3 is 2.78 bits per heavy atom. The summed E-state index contributed by atoms with van der Waals surface area (Å²) in [6.45, 7) is 3.97. The van der Waals surface area contributed by atoms with Crippen molar-refractivity contribution in [1.82, 2.24) is 10.6 Å². The van der Waals surface area contributed by atoms with E-state index in [9.17, 15) is 0 Å². The Morgan fingerprint density at radius 1 is 1.09 bits per heavy atom. The van der Waals surface area contributed by atoms with Crippen LogP contribution < -0.4 is 10.6 Å². The number of nitrogens with one attached hydrogen (secondary N) is 2. The number of rotatable bonds is 2. The van der Waals surface area contributed by atoms with E-state index < -0.39 is 0 Å². The minimum atomic E-state index is 0.118. The fourth-order valence-electron chi connectivity index (χ4n) is 3.45. The Bertz CT molecular complexity index is 789. The molecular formula is C20H21N3. The van der Waals surface area contributed by atoms with Gasteiger partial charge in [0.15, 0.2) is 5.96 Å². The maximum Gasteiger partial charge on any atom is 0.192 e. The first-order valence-corrected chi connectivity index (χ1v) is 8.30. The molecule has 2 aromatic carbocycles. The van der Waals surface area contributed by atoms with E-state index in [1.54, 1.807) is 0 Å². The van der Waals surface area contributed by atoms with Gasteiger partial charge in [-0.3, -0.25) is 4.99 Å². The quantitative estimate of drug-likeness (QED) is 0.892. The minimum absolute atomic E-state index is 0.118. The highest BCUT2D eigenvalue weighted by Gasteiger charge is 2.24. The molecule has 3 heteroatoms. The number of aryl methyl sites for hydroxylation is 1. The second-order valence-corrected chi connectivity index (χ2v) is 5.97. The van der Waals surface area contributed by atoms with Gasteiger partial charge in [-0.05, 0) is 34.2 Å². The molecule has 2 aromatic rings. The van der Waals surface area contributed by atoms with Crippen LogP contribution in [-0.4, -0.2) is 19.0 Å². The normalized spacial score (nSPS) is 18.5. The summed E-state index contributed by atoms with van der Waals surface area (Å²) in [5, 5.41) is 6.95. The van der Waals surface area contributed by atoms with Crippen molar-refractivity contribution < 1.29 is 0 Å². The molecule has 1 aliphatic carbocycles. The standard InChI is InChI=1S/C20H21N3/c1-2-14-7-5-9-18-16(14)11-10-15-6-3-4-8-17(15)19(18)23-20-21-12-13-22-20/h3-11,19H,2,12-13H2,1H3,(H2,21,22,23). The monoisotopic (exact) mass is 303 g/mol. The molecule has 2 aliphatic rings. The summed E-state index contributed by atoms with van der Waals surface area (Å²) in [7, 11) is 0. The number of aliphatic imine (C=N–C) groups is 1. The topological polar surface area (TPSA) is 36.4 Å². The largest absolute Gasteiger partial charge is 0.355 e. The third-order valence-corrected chi connectivity index (χ3v) is 4.61. The van der Waals surface area contributed by atoms with Gasteiger partial charge in [-0.25, -0.2) is 0 Å². The summed E-state index contributed by atoms with van der Waals surface area (Å²) in [5.74, 6) is 0.902. The molecule has 1 atom stereocenters. The fraction of sp³-hybridized carbons (Fsp3) is 0.250. The van der Waals surface area contributed by atoms with E-state index in [2.05, 4.69) is 77.2 Å². The molecule has 1 unspecified atom stereocenters. The first-order valence-electron chi connectivity index (χ1n) is 8.30. The zero-order valence-corrected chi connectivity index (χ0v) is 13.3. The van der Waals surface area contributed by atoms with Crippen LogP contribution in [0, 0.1) is 0 Å². The second kappa shape index (κ2) is 5.92. The SMILES string of the molecule is CCc1cccc2c1C=Cc1ccccc1C2NC1=NCCN1. The van der Waals surface area contributed by atoms with Gasteiger partial charge in [0.05, 0.1) is 12.6 Å². The van der Waals surface area contributed by atoms with Gasteiger partial charge >= 0.3 is 0 Å². The van der Waals surface area contributed by atoms with Crippen molar-refractivity contribution in [2.45, 2.75) is 19.4 Å². The maximum atomic E-state index is 4.52. The van der Waals surface area contributed by atoms with Crippen LogP contribution in [-0.2, 0) is 6.42 Å². The number of hydrogen-bond donors (Lipinski definition) is 2. The molecule has 1 aliphatic heterocycles. The summed E-state index contributed by atoms with van der Waals surface area (Å²) in [5.41, 5.74) is 6.61. The highest BCUT2D eigenvalue weighted by Crippen LogP contribution is 2.34. The molecule has 0 aromatic heterocycles. The number of nitrogens with zero attached hydrogens (tertiary/aromatic N) is 1. The molecule has 0 saturated heterocycles. The number of hydrogen-bond acceptors (Lipinski definition) is 3. The van der Waals surface area contributed by atoms with E-state index in [-0.39, 0.29) is 6.04 Å². The van der Waals surface area contributed by atoms with E-state index in [0.717, 1.165) is 25.5 Å². The summed E-state index contributed by atoms with van der Waals surface area (Å²) in [6, 6.07) is 15.3. The van der Waals surface area contributed by atoms with Gasteiger partial charge in [0, 0.05) is 6.54 Å². The molecule has 0 amide bonds. The predicted octanol–water partition coefficient (Wildman–Crippen LogP) is 3.37. The lowest BCUT2D eigenvalue weighted by atomic mass is 9.91. The Kier molecular flexibility index (Phi) is 3.62. The lowest BCUT2D eigenvalue weighted by Gasteiger charge is -2.23. The zero-order valence-electron chi connectivity index (χ0n) is 13.3. The lowest BCUT2D eigenvalue weighted by Crippen LogP contribution is -2.37. The van der Waals surface area contributed by atoms with Gasteiger partial charge in [-0.1, -0.05) is 61.5 Å². The van der Waals surface area contributed by atoms with Gasteiger partial charge in [-0.2, -0.15) is 0 Å². The van der Waals surface area contributed by atoms with E-state index in [1.165, 1.54) is 27.8 Å². The number of fused-ring (bicyclic) bond motifs is 2. The Morgan fingerprint density at radius 2 is 1.96 bits per heavy atom. The van der Waals surface area contributed by atoms with Crippen LogP contribution in [0.2, 0.25) is 0 Å².